The van der Waals surface area contributed by atoms with Crippen LogP contribution >= 0.6 is 0 Å². The van der Waals surface area contributed by atoms with Crippen molar-refractivity contribution < 1.29 is 8.91 Å². The van der Waals surface area contributed by atoms with E-state index in [0.29, 0.717) is 11.7 Å². The van der Waals surface area contributed by atoms with E-state index >= 15 is 0 Å². The van der Waals surface area contributed by atoms with Crippen LogP contribution in [-0.2, 0) is 0 Å². The third-order valence-corrected chi connectivity index (χ3v) is 3.68. The monoisotopic (exact) mass is 281 g/mol. The summed E-state index contributed by atoms with van der Waals surface area (Å²) in [6.45, 7) is 0.740. The number of hydrogen-bond donors (Lipinski definition) is 1. The van der Waals surface area contributed by atoms with E-state index in [2.05, 4.69) is 21.5 Å². The average Bonchev–Trinajstić information content (AvgIpc) is 3.14. The summed E-state index contributed by atoms with van der Waals surface area (Å²) < 4.78 is 18.3. The van der Waals surface area contributed by atoms with E-state index in [1.165, 1.54) is 12.1 Å². The quantitative estimate of drug-likeness (QED) is 0.782. The Morgan fingerprint density at radius 3 is 2.76 bits per heavy atom. The van der Waals surface area contributed by atoms with Crippen molar-refractivity contribution in [2.24, 2.45) is 0 Å². The van der Waals surface area contributed by atoms with Gasteiger partial charge in [0.05, 0.1) is 5.92 Å². The van der Waals surface area contributed by atoms with Gasteiger partial charge < -0.3 is 9.84 Å². The first-order chi connectivity index (χ1) is 10.3. The van der Waals surface area contributed by atoms with E-state index in [9.17, 15) is 4.39 Å². The van der Waals surface area contributed by atoms with Gasteiger partial charge in [-0.2, -0.15) is 4.98 Å². The number of nitrogens with one attached hydrogen (secondary N) is 1. The van der Waals surface area contributed by atoms with Crippen molar-refractivity contribution in [1.82, 2.24) is 10.1 Å². The highest BCUT2D eigenvalue weighted by atomic mass is 19.1. The first kappa shape index (κ1) is 12.1. The Balaban J connectivity index is 1.68. The van der Waals surface area contributed by atoms with E-state index in [1.807, 2.05) is 18.2 Å². The Labute approximate surface area is 120 Å². The van der Waals surface area contributed by atoms with E-state index in [4.69, 9.17) is 4.52 Å². The number of rotatable bonds is 2. The summed E-state index contributed by atoms with van der Waals surface area (Å²) in [6.07, 6.45) is 0. The zero-order valence-corrected chi connectivity index (χ0v) is 11.1. The van der Waals surface area contributed by atoms with Crippen LogP contribution in [0, 0.1) is 5.82 Å². The lowest BCUT2D eigenvalue weighted by Gasteiger charge is -2.03. The Bertz CT molecular complexity index is 782. The Morgan fingerprint density at radius 1 is 1.10 bits per heavy atom. The molecule has 1 aliphatic heterocycles. The van der Waals surface area contributed by atoms with Crippen molar-refractivity contribution in [2.45, 2.75) is 5.92 Å². The number of fused-ring (bicyclic) bond motifs is 1. The maximum absolute atomic E-state index is 12.9. The van der Waals surface area contributed by atoms with Gasteiger partial charge >= 0.3 is 0 Å². The summed E-state index contributed by atoms with van der Waals surface area (Å²) in [4.78, 5) is 4.45. The molecular formula is C16H12FN3O. The zero-order valence-electron chi connectivity index (χ0n) is 11.1. The number of halogens is 1. The van der Waals surface area contributed by atoms with Gasteiger partial charge in [-0.15, -0.1) is 0 Å². The van der Waals surface area contributed by atoms with Crippen molar-refractivity contribution in [3.05, 3.63) is 65.8 Å². The Hall–Kier alpha value is -2.69. The Kier molecular flexibility index (Phi) is 2.70. The average molecular weight is 281 g/mol. The number of para-hydroxylation sites is 1. The van der Waals surface area contributed by atoms with Crippen LogP contribution in [0.3, 0.4) is 0 Å². The molecule has 0 saturated carbocycles. The maximum Gasteiger partial charge on any atom is 0.236 e. The summed E-state index contributed by atoms with van der Waals surface area (Å²) in [7, 11) is 0. The fourth-order valence-corrected chi connectivity index (χ4v) is 2.60. The normalized spacial score (nSPS) is 16.5. The van der Waals surface area contributed by atoms with Crippen LogP contribution in [0.15, 0.2) is 53.1 Å². The van der Waals surface area contributed by atoms with Crippen LogP contribution in [0.1, 0.15) is 17.4 Å². The molecule has 0 saturated heterocycles. The van der Waals surface area contributed by atoms with Crippen molar-refractivity contribution in [1.29, 1.82) is 0 Å². The van der Waals surface area contributed by atoms with Crippen molar-refractivity contribution in [3.63, 3.8) is 0 Å². The minimum atomic E-state index is -0.281. The molecule has 4 nitrogen and oxygen atoms in total. The van der Waals surface area contributed by atoms with Crippen LogP contribution < -0.4 is 5.32 Å². The molecule has 5 heteroatoms. The lowest BCUT2D eigenvalue weighted by atomic mass is 10.0. The number of anilines is 1. The standard InChI is InChI=1S/C16H12FN3O/c17-11-7-5-10(6-8-11)15-19-16(21-20-15)13-9-18-14-4-2-1-3-12(13)14/h1-8,13,18H,9H2. The van der Waals surface area contributed by atoms with Gasteiger partial charge in [0.15, 0.2) is 0 Å². The number of benzene rings is 2. The number of hydrogen-bond acceptors (Lipinski definition) is 4. The fraction of sp³-hybridized carbons (Fsp3) is 0.125. The molecule has 0 aliphatic carbocycles. The maximum atomic E-state index is 12.9. The molecule has 104 valence electrons. The van der Waals surface area contributed by atoms with Gasteiger partial charge in [0.25, 0.3) is 0 Å². The van der Waals surface area contributed by atoms with E-state index in [-0.39, 0.29) is 11.7 Å². The van der Waals surface area contributed by atoms with Crippen LogP contribution in [0.25, 0.3) is 11.4 Å². The molecule has 0 fully saturated rings. The van der Waals surface area contributed by atoms with Crippen LogP contribution in [0.4, 0.5) is 10.1 Å². The molecular weight excluding hydrogens is 269 g/mol. The Morgan fingerprint density at radius 2 is 1.90 bits per heavy atom. The first-order valence-electron chi connectivity index (χ1n) is 6.73. The third-order valence-electron chi connectivity index (χ3n) is 3.68. The summed E-state index contributed by atoms with van der Waals surface area (Å²) >= 11 is 0. The second kappa shape index (κ2) is 4.70. The number of nitrogens with zero attached hydrogens (tertiary/aromatic N) is 2. The number of aromatic nitrogens is 2. The van der Waals surface area contributed by atoms with Crippen LogP contribution in [-0.4, -0.2) is 16.7 Å². The van der Waals surface area contributed by atoms with E-state index in [0.717, 1.165) is 23.4 Å². The SMILES string of the molecule is Fc1ccc(-c2noc(C3CNc4ccccc43)n2)cc1. The summed E-state index contributed by atoms with van der Waals surface area (Å²) in [5.41, 5.74) is 3.00. The summed E-state index contributed by atoms with van der Waals surface area (Å²) in [5, 5.41) is 7.33. The molecule has 0 radical (unpaired) electrons. The molecule has 0 bridgehead atoms. The molecule has 4 rings (SSSR count). The van der Waals surface area contributed by atoms with Gasteiger partial charge in [0, 0.05) is 17.8 Å². The van der Waals surface area contributed by atoms with E-state index in [1.54, 1.807) is 12.1 Å². The summed E-state index contributed by atoms with van der Waals surface area (Å²) in [6, 6.07) is 14.1. The second-order valence-corrected chi connectivity index (χ2v) is 4.98. The molecule has 1 N–H and O–H groups in total. The predicted octanol–water partition coefficient (Wildman–Crippen LogP) is 3.43. The lowest BCUT2D eigenvalue weighted by Crippen LogP contribution is -2.04. The molecule has 0 amide bonds. The first-order valence-corrected chi connectivity index (χ1v) is 6.73. The molecule has 1 aliphatic rings. The smallest absolute Gasteiger partial charge is 0.236 e. The van der Waals surface area contributed by atoms with Gasteiger partial charge in [-0.1, -0.05) is 23.4 Å². The van der Waals surface area contributed by atoms with Gasteiger partial charge in [-0.05, 0) is 35.9 Å². The van der Waals surface area contributed by atoms with Gasteiger partial charge in [0.2, 0.25) is 11.7 Å². The topological polar surface area (TPSA) is 51.0 Å². The molecule has 2 aromatic carbocycles. The highest BCUT2D eigenvalue weighted by Gasteiger charge is 2.28. The highest BCUT2D eigenvalue weighted by Crippen LogP contribution is 2.35. The highest BCUT2D eigenvalue weighted by molar-refractivity contribution is 5.60. The summed E-state index contributed by atoms with van der Waals surface area (Å²) in [5.74, 6) is 0.834. The van der Waals surface area contributed by atoms with Gasteiger partial charge in [-0.3, -0.25) is 0 Å². The van der Waals surface area contributed by atoms with Crippen molar-refractivity contribution in [3.8, 4) is 11.4 Å². The van der Waals surface area contributed by atoms with Gasteiger partial charge in [-0.25, -0.2) is 4.39 Å². The molecule has 0 spiro atoms. The third kappa shape index (κ3) is 2.07. The van der Waals surface area contributed by atoms with E-state index < -0.39 is 0 Å². The molecule has 1 aromatic heterocycles. The minimum absolute atomic E-state index is 0.0582. The molecule has 3 aromatic rings. The zero-order chi connectivity index (χ0) is 14.2. The second-order valence-electron chi connectivity index (χ2n) is 4.98. The van der Waals surface area contributed by atoms with Crippen LogP contribution in [0.2, 0.25) is 0 Å². The molecule has 21 heavy (non-hydrogen) atoms. The van der Waals surface area contributed by atoms with Gasteiger partial charge in [0.1, 0.15) is 5.82 Å². The molecule has 1 unspecified atom stereocenters. The molecule has 1 atom stereocenters. The molecule has 2 heterocycles. The van der Waals surface area contributed by atoms with Crippen LogP contribution in [0.5, 0.6) is 0 Å². The predicted molar refractivity (Wildman–Crippen MR) is 76.5 cm³/mol. The van der Waals surface area contributed by atoms with Crippen molar-refractivity contribution >= 4 is 5.69 Å². The minimum Gasteiger partial charge on any atom is -0.384 e. The fourth-order valence-electron chi connectivity index (χ4n) is 2.60. The largest absolute Gasteiger partial charge is 0.384 e. The van der Waals surface area contributed by atoms with Crippen molar-refractivity contribution in [2.75, 3.05) is 11.9 Å². The lowest BCUT2D eigenvalue weighted by molar-refractivity contribution is 0.371.